The monoisotopic (exact) mass is 534 g/mol. The summed E-state index contributed by atoms with van der Waals surface area (Å²) < 4.78 is 6.06. The molecule has 1 aromatic heterocycles. The normalized spacial score (nSPS) is 25.1. The van der Waals surface area contributed by atoms with E-state index in [2.05, 4.69) is 41.5 Å². The molecule has 38 heavy (non-hydrogen) atoms. The molecule has 7 heteroatoms. The molecule has 5 rings (SSSR count). The van der Waals surface area contributed by atoms with Crippen LogP contribution in [0.2, 0.25) is 5.02 Å². The van der Waals surface area contributed by atoms with Crippen LogP contribution in [0.1, 0.15) is 55.8 Å². The number of halogens is 1. The fourth-order valence-electron chi connectivity index (χ4n) is 6.63. The molecular weight excluding hydrogens is 500 g/mol. The molecule has 6 nitrogen and oxygen atoms in total. The number of anilines is 1. The molecule has 0 bridgehead atoms. The van der Waals surface area contributed by atoms with Gasteiger partial charge in [0.2, 0.25) is 0 Å². The second kappa shape index (κ2) is 11.0. The molecule has 3 aromatic rings. The summed E-state index contributed by atoms with van der Waals surface area (Å²) in [6, 6.07) is 19.6. The summed E-state index contributed by atoms with van der Waals surface area (Å²) in [5.74, 6) is 0.641. The molecular formula is C31H35ClN2O4. The third-order valence-electron chi connectivity index (χ3n) is 8.59. The van der Waals surface area contributed by atoms with Crippen LogP contribution in [-0.4, -0.2) is 33.3 Å². The smallest absolute Gasteiger partial charge is 0.329 e. The average Bonchev–Trinajstić information content (AvgIpc) is 3.21. The SMILES string of the molecule is C[C@@H](COc1ccnc(CO)c1)CC1Cc2ccccc2C12CCC(Nc1cccc(Cl)c1)(C(=O)O)CC2. The molecule has 0 saturated heterocycles. The highest BCUT2D eigenvalue weighted by molar-refractivity contribution is 6.30. The van der Waals surface area contributed by atoms with Gasteiger partial charge in [-0.3, -0.25) is 4.98 Å². The molecule has 2 aliphatic carbocycles. The maximum atomic E-state index is 12.6. The number of carbonyl (C=O) groups is 1. The Kier molecular flexibility index (Phi) is 7.64. The zero-order valence-corrected chi connectivity index (χ0v) is 22.5. The largest absolute Gasteiger partial charge is 0.493 e. The number of rotatable bonds is 9. The molecule has 1 fully saturated rings. The van der Waals surface area contributed by atoms with Gasteiger partial charge in [0.05, 0.1) is 18.9 Å². The van der Waals surface area contributed by atoms with Crippen molar-refractivity contribution in [2.75, 3.05) is 11.9 Å². The fourth-order valence-corrected chi connectivity index (χ4v) is 6.82. The number of aromatic nitrogens is 1. The Labute approximate surface area is 229 Å². The van der Waals surface area contributed by atoms with Crippen molar-refractivity contribution in [2.24, 2.45) is 11.8 Å². The first-order chi connectivity index (χ1) is 18.3. The summed E-state index contributed by atoms with van der Waals surface area (Å²) in [6.07, 6.45) is 6.37. The van der Waals surface area contributed by atoms with E-state index in [9.17, 15) is 15.0 Å². The Morgan fingerprint density at radius 2 is 1.92 bits per heavy atom. The number of nitrogens with zero attached hydrogens (tertiary/aromatic N) is 1. The van der Waals surface area contributed by atoms with Gasteiger partial charge in [0.1, 0.15) is 11.3 Å². The number of carboxylic acid groups (broad SMARTS) is 1. The summed E-state index contributed by atoms with van der Waals surface area (Å²) in [6.45, 7) is 2.68. The maximum Gasteiger partial charge on any atom is 0.329 e. The molecule has 1 saturated carbocycles. The number of fused-ring (bicyclic) bond motifs is 2. The van der Waals surface area contributed by atoms with E-state index in [0.717, 1.165) is 37.1 Å². The minimum atomic E-state index is -1.02. The highest BCUT2D eigenvalue weighted by Crippen LogP contribution is 2.56. The number of carboxylic acids is 1. The number of nitrogens with one attached hydrogen (secondary N) is 1. The number of hydrogen-bond acceptors (Lipinski definition) is 5. The second-order valence-corrected chi connectivity index (χ2v) is 11.5. The van der Waals surface area contributed by atoms with Gasteiger partial charge >= 0.3 is 5.97 Å². The minimum absolute atomic E-state index is 0.0411. The Bertz CT molecular complexity index is 1290. The molecule has 2 atom stereocenters. The summed E-state index contributed by atoms with van der Waals surface area (Å²) in [4.78, 5) is 16.7. The van der Waals surface area contributed by atoms with Crippen molar-refractivity contribution < 1.29 is 19.7 Å². The van der Waals surface area contributed by atoms with Crippen molar-refractivity contribution in [3.8, 4) is 5.75 Å². The summed E-state index contributed by atoms with van der Waals surface area (Å²) in [7, 11) is 0. The van der Waals surface area contributed by atoms with Crippen LogP contribution >= 0.6 is 11.6 Å². The Morgan fingerprint density at radius 1 is 1.13 bits per heavy atom. The topological polar surface area (TPSA) is 91.7 Å². The van der Waals surface area contributed by atoms with Crippen LogP contribution < -0.4 is 10.1 Å². The first-order valence-electron chi connectivity index (χ1n) is 13.4. The van der Waals surface area contributed by atoms with E-state index in [0.29, 0.717) is 42.0 Å². The number of aliphatic hydroxyl groups excluding tert-OH is 1. The van der Waals surface area contributed by atoms with Gasteiger partial charge in [0.25, 0.3) is 0 Å². The van der Waals surface area contributed by atoms with Crippen molar-refractivity contribution in [3.05, 3.63) is 88.7 Å². The van der Waals surface area contributed by atoms with Gasteiger partial charge in [-0.05, 0) is 91.2 Å². The minimum Gasteiger partial charge on any atom is -0.493 e. The molecule has 0 radical (unpaired) electrons. The molecule has 1 unspecified atom stereocenters. The van der Waals surface area contributed by atoms with Crippen LogP contribution in [0, 0.1) is 11.8 Å². The summed E-state index contributed by atoms with van der Waals surface area (Å²) in [5, 5.41) is 23.6. The lowest BCUT2D eigenvalue weighted by molar-refractivity contribution is -0.144. The van der Waals surface area contributed by atoms with E-state index < -0.39 is 11.5 Å². The van der Waals surface area contributed by atoms with Crippen molar-refractivity contribution >= 4 is 23.3 Å². The molecule has 2 aromatic carbocycles. The van der Waals surface area contributed by atoms with Crippen LogP contribution in [0.3, 0.4) is 0 Å². The summed E-state index contributed by atoms with van der Waals surface area (Å²) >= 11 is 6.18. The second-order valence-electron chi connectivity index (χ2n) is 11.0. The van der Waals surface area contributed by atoms with Gasteiger partial charge in [0, 0.05) is 23.0 Å². The van der Waals surface area contributed by atoms with Gasteiger partial charge in [-0.1, -0.05) is 48.9 Å². The maximum absolute atomic E-state index is 12.6. The van der Waals surface area contributed by atoms with Gasteiger partial charge in [-0.15, -0.1) is 0 Å². The van der Waals surface area contributed by atoms with Crippen LogP contribution in [0.4, 0.5) is 5.69 Å². The predicted octanol–water partition coefficient (Wildman–Crippen LogP) is 6.25. The average molecular weight is 535 g/mol. The fraction of sp³-hybridized carbons (Fsp3) is 0.419. The highest BCUT2D eigenvalue weighted by atomic mass is 35.5. The lowest BCUT2D eigenvalue weighted by atomic mass is 9.59. The van der Waals surface area contributed by atoms with Gasteiger partial charge in [-0.2, -0.15) is 0 Å². The molecule has 1 spiro atoms. The first kappa shape index (κ1) is 26.5. The van der Waals surface area contributed by atoms with Crippen LogP contribution in [0.25, 0.3) is 0 Å². The molecule has 0 aliphatic heterocycles. The van der Waals surface area contributed by atoms with Gasteiger partial charge in [-0.25, -0.2) is 4.79 Å². The first-order valence-corrected chi connectivity index (χ1v) is 13.8. The van der Waals surface area contributed by atoms with Crippen LogP contribution in [0.5, 0.6) is 5.75 Å². The Morgan fingerprint density at radius 3 is 2.66 bits per heavy atom. The zero-order chi connectivity index (χ0) is 26.8. The molecule has 200 valence electrons. The number of aliphatic carboxylic acids is 1. The zero-order valence-electron chi connectivity index (χ0n) is 21.7. The van der Waals surface area contributed by atoms with Crippen molar-refractivity contribution in [2.45, 2.75) is 63.0 Å². The lowest BCUT2D eigenvalue weighted by Gasteiger charge is -2.47. The third-order valence-corrected chi connectivity index (χ3v) is 8.82. The number of hydrogen-bond donors (Lipinski definition) is 3. The van der Waals surface area contributed by atoms with E-state index in [4.69, 9.17) is 16.3 Å². The van der Waals surface area contributed by atoms with E-state index in [-0.39, 0.29) is 12.0 Å². The Balaban J connectivity index is 1.33. The van der Waals surface area contributed by atoms with E-state index >= 15 is 0 Å². The van der Waals surface area contributed by atoms with E-state index in [1.54, 1.807) is 24.4 Å². The number of benzene rings is 2. The third kappa shape index (κ3) is 5.25. The van der Waals surface area contributed by atoms with Crippen molar-refractivity contribution in [1.82, 2.24) is 4.98 Å². The molecule has 1 heterocycles. The van der Waals surface area contributed by atoms with Gasteiger partial charge < -0.3 is 20.3 Å². The number of pyridine rings is 1. The highest BCUT2D eigenvalue weighted by Gasteiger charge is 2.54. The quantitative estimate of drug-likeness (QED) is 0.300. The molecule has 2 aliphatic rings. The van der Waals surface area contributed by atoms with E-state index in [1.807, 2.05) is 18.2 Å². The number of aliphatic hydroxyl groups is 1. The van der Waals surface area contributed by atoms with Crippen molar-refractivity contribution in [1.29, 1.82) is 0 Å². The standard InChI is InChI=1S/C31H35ClN2O4/c1-21(20-38-27-9-14-33-26(18-27)19-35)15-23-16-22-5-2-3-8-28(22)30(23)10-12-31(13-11-30,29(36)37)34-25-7-4-6-24(32)17-25/h2-9,14,17-18,21,23,34-35H,10-13,15-16,19-20H2,1H3,(H,36,37)/t21-,23?,30?,31?/m1/s1. The van der Waals surface area contributed by atoms with Crippen LogP contribution in [-0.2, 0) is 23.2 Å². The molecule has 0 amide bonds. The van der Waals surface area contributed by atoms with Crippen molar-refractivity contribution in [3.63, 3.8) is 0 Å². The predicted molar refractivity (Wildman–Crippen MR) is 149 cm³/mol. The number of ether oxygens (including phenoxy) is 1. The van der Waals surface area contributed by atoms with Crippen LogP contribution in [0.15, 0.2) is 66.9 Å². The summed E-state index contributed by atoms with van der Waals surface area (Å²) in [5.41, 5.74) is 3.06. The molecule has 3 N–H and O–H groups in total. The van der Waals surface area contributed by atoms with Gasteiger partial charge in [0.15, 0.2) is 0 Å². The lowest BCUT2D eigenvalue weighted by Crippen LogP contribution is -2.53. The van der Waals surface area contributed by atoms with E-state index in [1.165, 1.54) is 11.1 Å². The Hall–Kier alpha value is -3.09.